The number of hydrogen-bond acceptors (Lipinski definition) is 4. The van der Waals surface area contributed by atoms with Crippen LogP contribution in [0.2, 0.25) is 0 Å². The Kier molecular flexibility index (Phi) is 4.20. The fourth-order valence-corrected chi connectivity index (χ4v) is 1.30. The van der Waals surface area contributed by atoms with Crippen LogP contribution in [0.1, 0.15) is 27.7 Å². The molecule has 0 unspecified atom stereocenters. The highest BCUT2D eigenvalue weighted by atomic mass is 16.2. The first kappa shape index (κ1) is 15.4. The first-order valence-electron chi connectivity index (χ1n) is 6.29. The van der Waals surface area contributed by atoms with Crippen molar-refractivity contribution < 1.29 is 4.79 Å². The molecule has 1 aromatic heterocycles. The summed E-state index contributed by atoms with van der Waals surface area (Å²) in [6.45, 7) is 7.37. The Bertz CT molecular complexity index is 444. The number of carbonyl (C=O) groups is 1. The van der Waals surface area contributed by atoms with E-state index < -0.39 is 11.0 Å². The molecule has 5 nitrogen and oxygen atoms in total. The van der Waals surface area contributed by atoms with Crippen molar-refractivity contribution in [1.29, 1.82) is 0 Å². The largest absolute Gasteiger partial charge is 0.363 e. The second-order valence-corrected chi connectivity index (χ2v) is 6.10. The Hall–Kier alpha value is -1.62. The zero-order valence-electron chi connectivity index (χ0n) is 12.6. The molecule has 0 atom stereocenters. The third kappa shape index (κ3) is 3.44. The standard InChI is InChI=1S/C14H24N4O/c1-13(2,14(3,4)15)12(19)17-10-7-8-11(16-9-10)18(5)6/h7-9H,15H2,1-6H3,(H,17,19). The summed E-state index contributed by atoms with van der Waals surface area (Å²) in [5, 5.41) is 2.85. The molecule has 0 saturated carbocycles. The van der Waals surface area contributed by atoms with Crippen molar-refractivity contribution in [2.45, 2.75) is 33.2 Å². The van der Waals surface area contributed by atoms with Gasteiger partial charge < -0.3 is 16.0 Å². The van der Waals surface area contributed by atoms with Gasteiger partial charge in [0.05, 0.1) is 17.3 Å². The monoisotopic (exact) mass is 264 g/mol. The molecule has 19 heavy (non-hydrogen) atoms. The van der Waals surface area contributed by atoms with Gasteiger partial charge in [-0.05, 0) is 39.8 Å². The lowest BCUT2D eigenvalue weighted by atomic mass is 9.74. The SMILES string of the molecule is CN(C)c1ccc(NC(=O)C(C)(C)C(C)(C)N)cn1. The number of nitrogens with zero attached hydrogens (tertiary/aromatic N) is 2. The number of nitrogens with two attached hydrogens (primary N) is 1. The maximum absolute atomic E-state index is 12.3. The van der Waals surface area contributed by atoms with Gasteiger partial charge in [-0.25, -0.2) is 4.98 Å². The molecule has 1 amide bonds. The first-order valence-corrected chi connectivity index (χ1v) is 6.29. The molecule has 0 saturated heterocycles. The van der Waals surface area contributed by atoms with E-state index in [0.29, 0.717) is 5.69 Å². The average Bonchev–Trinajstić information content (AvgIpc) is 2.28. The summed E-state index contributed by atoms with van der Waals surface area (Å²) in [4.78, 5) is 18.4. The summed E-state index contributed by atoms with van der Waals surface area (Å²) < 4.78 is 0. The third-order valence-corrected chi connectivity index (χ3v) is 3.64. The molecule has 1 heterocycles. The molecular weight excluding hydrogens is 240 g/mol. The number of hydrogen-bond donors (Lipinski definition) is 2. The molecule has 0 aromatic carbocycles. The van der Waals surface area contributed by atoms with Gasteiger partial charge in [-0.15, -0.1) is 0 Å². The van der Waals surface area contributed by atoms with E-state index in [1.54, 1.807) is 6.20 Å². The zero-order valence-corrected chi connectivity index (χ0v) is 12.6. The Morgan fingerprint density at radius 1 is 1.26 bits per heavy atom. The molecule has 3 N–H and O–H groups in total. The van der Waals surface area contributed by atoms with Gasteiger partial charge in [0.15, 0.2) is 0 Å². The van der Waals surface area contributed by atoms with Crippen molar-refractivity contribution >= 4 is 17.4 Å². The molecule has 1 aromatic rings. The van der Waals surface area contributed by atoms with E-state index >= 15 is 0 Å². The van der Waals surface area contributed by atoms with Crippen molar-refractivity contribution in [3.05, 3.63) is 18.3 Å². The minimum Gasteiger partial charge on any atom is -0.363 e. The van der Waals surface area contributed by atoms with Crippen molar-refractivity contribution in [2.24, 2.45) is 11.1 Å². The average molecular weight is 264 g/mol. The second kappa shape index (κ2) is 5.17. The number of carbonyl (C=O) groups excluding carboxylic acids is 1. The Morgan fingerprint density at radius 2 is 1.84 bits per heavy atom. The molecule has 0 aliphatic heterocycles. The van der Waals surface area contributed by atoms with Gasteiger partial charge in [-0.2, -0.15) is 0 Å². The van der Waals surface area contributed by atoms with Crippen LogP contribution in [0.5, 0.6) is 0 Å². The lowest BCUT2D eigenvalue weighted by molar-refractivity contribution is -0.126. The van der Waals surface area contributed by atoms with Gasteiger partial charge in [0.2, 0.25) is 5.91 Å². The van der Waals surface area contributed by atoms with Crippen LogP contribution in [-0.2, 0) is 4.79 Å². The summed E-state index contributed by atoms with van der Waals surface area (Å²) in [6.07, 6.45) is 1.65. The topological polar surface area (TPSA) is 71.2 Å². The fourth-order valence-electron chi connectivity index (χ4n) is 1.30. The lowest BCUT2D eigenvalue weighted by Crippen LogP contribution is -2.53. The quantitative estimate of drug-likeness (QED) is 0.870. The number of rotatable bonds is 4. The normalized spacial score (nSPS) is 12.2. The lowest BCUT2D eigenvalue weighted by Gasteiger charge is -2.36. The van der Waals surface area contributed by atoms with Gasteiger partial charge in [0, 0.05) is 19.6 Å². The minimum atomic E-state index is -0.673. The first-order chi connectivity index (χ1) is 8.55. The minimum absolute atomic E-state index is 0.112. The summed E-state index contributed by atoms with van der Waals surface area (Å²) in [5.41, 5.74) is 5.45. The Morgan fingerprint density at radius 3 is 2.21 bits per heavy atom. The molecule has 0 spiro atoms. The van der Waals surface area contributed by atoms with Crippen LogP contribution in [0, 0.1) is 5.41 Å². The number of amides is 1. The van der Waals surface area contributed by atoms with Crippen LogP contribution >= 0.6 is 0 Å². The molecule has 1 rings (SSSR count). The van der Waals surface area contributed by atoms with E-state index in [4.69, 9.17) is 5.73 Å². The van der Waals surface area contributed by atoms with Crippen LogP contribution < -0.4 is 16.0 Å². The van der Waals surface area contributed by atoms with Crippen molar-refractivity contribution in [2.75, 3.05) is 24.3 Å². The molecule has 5 heteroatoms. The molecule has 0 bridgehead atoms. The summed E-state index contributed by atoms with van der Waals surface area (Å²) in [6, 6.07) is 3.69. The van der Waals surface area contributed by atoms with E-state index in [1.165, 1.54) is 0 Å². The van der Waals surface area contributed by atoms with Gasteiger partial charge in [0.25, 0.3) is 0 Å². The predicted octanol–water partition coefficient (Wildman–Crippen LogP) is 1.85. The van der Waals surface area contributed by atoms with Crippen molar-refractivity contribution in [3.63, 3.8) is 0 Å². The molecule has 0 fully saturated rings. The van der Waals surface area contributed by atoms with E-state index in [9.17, 15) is 4.79 Å². The highest BCUT2D eigenvalue weighted by molar-refractivity contribution is 5.95. The summed E-state index contributed by atoms with van der Waals surface area (Å²) >= 11 is 0. The van der Waals surface area contributed by atoms with E-state index in [-0.39, 0.29) is 5.91 Å². The number of aromatic nitrogens is 1. The van der Waals surface area contributed by atoms with Gasteiger partial charge >= 0.3 is 0 Å². The second-order valence-electron chi connectivity index (χ2n) is 6.10. The Balaban J connectivity index is 2.83. The van der Waals surface area contributed by atoms with Crippen LogP contribution in [0.25, 0.3) is 0 Å². The van der Waals surface area contributed by atoms with Gasteiger partial charge in [0.1, 0.15) is 5.82 Å². The highest BCUT2D eigenvalue weighted by Gasteiger charge is 2.40. The van der Waals surface area contributed by atoms with Crippen molar-refractivity contribution in [3.8, 4) is 0 Å². The van der Waals surface area contributed by atoms with E-state index in [1.807, 2.05) is 58.8 Å². The summed E-state index contributed by atoms with van der Waals surface area (Å²) in [7, 11) is 3.83. The van der Waals surface area contributed by atoms with Crippen LogP contribution in [0.15, 0.2) is 18.3 Å². The third-order valence-electron chi connectivity index (χ3n) is 3.64. The maximum Gasteiger partial charge on any atom is 0.231 e. The van der Waals surface area contributed by atoms with Crippen LogP contribution in [0.4, 0.5) is 11.5 Å². The molecule has 0 aliphatic carbocycles. The van der Waals surface area contributed by atoms with E-state index in [0.717, 1.165) is 5.82 Å². The molecular formula is C14H24N4O. The van der Waals surface area contributed by atoms with Crippen LogP contribution in [0.3, 0.4) is 0 Å². The summed E-state index contributed by atoms with van der Waals surface area (Å²) in [5.74, 6) is 0.732. The number of anilines is 2. The predicted molar refractivity (Wildman–Crippen MR) is 79.2 cm³/mol. The zero-order chi connectivity index (χ0) is 14.8. The van der Waals surface area contributed by atoms with E-state index in [2.05, 4.69) is 10.3 Å². The molecule has 0 radical (unpaired) electrons. The molecule has 0 aliphatic rings. The highest BCUT2D eigenvalue weighted by Crippen LogP contribution is 2.29. The smallest absolute Gasteiger partial charge is 0.231 e. The van der Waals surface area contributed by atoms with Crippen molar-refractivity contribution in [1.82, 2.24) is 4.98 Å². The number of pyridine rings is 1. The fraction of sp³-hybridized carbons (Fsp3) is 0.571. The van der Waals surface area contributed by atoms with Crippen LogP contribution in [-0.4, -0.2) is 30.5 Å². The van der Waals surface area contributed by atoms with Gasteiger partial charge in [-0.3, -0.25) is 4.79 Å². The number of nitrogens with one attached hydrogen (secondary N) is 1. The Labute approximate surface area is 115 Å². The van der Waals surface area contributed by atoms with Gasteiger partial charge in [-0.1, -0.05) is 0 Å². The maximum atomic E-state index is 12.3. The molecule has 106 valence electrons.